The van der Waals surface area contributed by atoms with E-state index >= 15 is 0 Å². The highest BCUT2D eigenvalue weighted by Crippen LogP contribution is 2.33. The lowest BCUT2D eigenvalue weighted by Gasteiger charge is -2.37. The van der Waals surface area contributed by atoms with E-state index < -0.39 is 0 Å². The number of hydrogen-bond donors (Lipinski definition) is 1. The maximum Gasteiger partial charge on any atom is 0.138 e. The topological polar surface area (TPSA) is 52.0 Å². The number of hydrogen-bond acceptors (Lipinski definition) is 4. The third-order valence-electron chi connectivity index (χ3n) is 4.13. The van der Waals surface area contributed by atoms with E-state index in [1.807, 2.05) is 4.68 Å². The minimum atomic E-state index is 0.502. The van der Waals surface area contributed by atoms with Crippen LogP contribution in [0.15, 0.2) is 6.33 Å². The van der Waals surface area contributed by atoms with Gasteiger partial charge in [-0.1, -0.05) is 6.92 Å². The summed E-state index contributed by atoms with van der Waals surface area (Å²) in [5, 5.41) is 7.85. The average Bonchev–Trinajstić information content (AvgIpc) is 2.83. The van der Waals surface area contributed by atoms with Crippen LogP contribution in [0.1, 0.15) is 45.9 Å². The van der Waals surface area contributed by atoms with Crippen molar-refractivity contribution in [2.45, 2.75) is 65.1 Å². The molecule has 114 valence electrons. The van der Waals surface area contributed by atoms with Crippen LogP contribution in [0.2, 0.25) is 0 Å². The summed E-state index contributed by atoms with van der Waals surface area (Å²) >= 11 is 0. The Balaban J connectivity index is 1.82. The molecule has 1 heterocycles. The van der Waals surface area contributed by atoms with Gasteiger partial charge in [0.2, 0.25) is 0 Å². The zero-order valence-corrected chi connectivity index (χ0v) is 13.0. The van der Waals surface area contributed by atoms with Gasteiger partial charge in [0.25, 0.3) is 0 Å². The molecule has 1 unspecified atom stereocenters. The van der Waals surface area contributed by atoms with Gasteiger partial charge in [-0.25, -0.2) is 4.98 Å². The molecule has 1 saturated carbocycles. The summed E-state index contributed by atoms with van der Waals surface area (Å²) in [5.74, 6) is 1.90. The molecule has 0 aromatic carbocycles. The predicted molar refractivity (Wildman–Crippen MR) is 79.6 cm³/mol. The number of nitrogens with one attached hydrogen (secondary N) is 1. The summed E-state index contributed by atoms with van der Waals surface area (Å²) in [5.41, 5.74) is 0. The third kappa shape index (κ3) is 4.03. The van der Waals surface area contributed by atoms with Crippen molar-refractivity contribution in [1.82, 2.24) is 20.1 Å². The zero-order valence-electron chi connectivity index (χ0n) is 13.0. The van der Waals surface area contributed by atoms with Crippen molar-refractivity contribution >= 4 is 0 Å². The first-order valence-corrected chi connectivity index (χ1v) is 7.98. The highest BCUT2D eigenvalue weighted by Gasteiger charge is 2.31. The minimum Gasteiger partial charge on any atom is -0.378 e. The van der Waals surface area contributed by atoms with Gasteiger partial charge in [-0.3, -0.25) is 4.68 Å². The molecule has 0 saturated heterocycles. The van der Waals surface area contributed by atoms with E-state index in [-0.39, 0.29) is 0 Å². The van der Waals surface area contributed by atoms with E-state index in [9.17, 15) is 0 Å². The SMILES string of the molecule is CCNC(Cc1ncnn1CC)CC1CC(OCC)C1. The van der Waals surface area contributed by atoms with Crippen LogP contribution in [-0.2, 0) is 17.7 Å². The number of aromatic nitrogens is 3. The van der Waals surface area contributed by atoms with Gasteiger partial charge in [-0.05, 0) is 45.6 Å². The summed E-state index contributed by atoms with van der Waals surface area (Å²) in [4.78, 5) is 4.39. The van der Waals surface area contributed by atoms with E-state index in [1.165, 1.54) is 19.3 Å². The summed E-state index contributed by atoms with van der Waals surface area (Å²) in [6, 6.07) is 0.502. The van der Waals surface area contributed by atoms with Crippen LogP contribution in [0, 0.1) is 5.92 Å². The van der Waals surface area contributed by atoms with Gasteiger partial charge in [0, 0.05) is 25.6 Å². The van der Waals surface area contributed by atoms with Crippen LogP contribution in [0.3, 0.4) is 0 Å². The normalized spacial score (nSPS) is 23.6. The Labute approximate surface area is 122 Å². The molecule has 1 aromatic rings. The van der Waals surface area contributed by atoms with E-state index in [0.29, 0.717) is 12.1 Å². The van der Waals surface area contributed by atoms with E-state index in [4.69, 9.17) is 4.74 Å². The van der Waals surface area contributed by atoms with E-state index in [1.54, 1.807) is 6.33 Å². The van der Waals surface area contributed by atoms with Crippen molar-refractivity contribution in [2.75, 3.05) is 13.2 Å². The molecular weight excluding hydrogens is 252 g/mol. The lowest BCUT2D eigenvalue weighted by Crippen LogP contribution is -2.39. The Kier molecular flexibility index (Phi) is 5.98. The highest BCUT2D eigenvalue weighted by atomic mass is 16.5. The number of likely N-dealkylation sites (N-methyl/N-ethyl adjacent to an activating group) is 1. The van der Waals surface area contributed by atoms with E-state index in [2.05, 4.69) is 36.2 Å². The van der Waals surface area contributed by atoms with Crippen molar-refractivity contribution in [2.24, 2.45) is 5.92 Å². The lowest BCUT2D eigenvalue weighted by molar-refractivity contribution is -0.0290. The van der Waals surface area contributed by atoms with Crippen LogP contribution in [0.5, 0.6) is 0 Å². The molecule has 0 amide bonds. The maximum absolute atomic E-state index is 5.65. The van der Waals surface area contributed by atoms with E-state index in [0.717, 1.165) is 37.9 Å². The standard InChI is InChI=1S/C15H28N4O/c1-4-16-13(7-12-8-14(9-12)20-6-3)10-15-17-11-18-19(15)5-2/h11-14,16H,4-10H2,1-3H3. The van der Waals surface area contributed by atoms with Crippen molar-refractivity contribution in [1.29, 1.82) is 0 Å². The van der Waals surface area contributed by atoms with Gasteiger partial charge in [0.05, 0.1) is 6.10 Å². The summed E-state index contributed by atoms with van der Waals surface area (Å²) in [6.45, 7) is 9.09. The molecular formula is C15H28N4O. The van der Waals surface area contributed by atoms with Gasteiger partial charge in [-0.15, -0.1) is 0 Å². The second-order valence-corrected chi connectivity index (χ2v) is 5.60. The van der Waals surface area contributed by atoms with Gasteiger partial charge < -0.3 is 10.1 Å². The molecule has 0 spiro atoms. The van der Waals surface area contributed by atoms with Gasteiger partial charge in [0.1, 0.15) is 12.2 Å². The highest BCUT2D eigenvalue weighted by molar-refractivity contribution is 4.92. The fraction of sp³-hybridized carbons (Fsp3) is 0.867. The Hall–Kier alpha value is -0.940. The predicted octanol–water partition coefficient (Wildman–Crippen LogP) is 2.02. The quantitative estimate of drug-likeness (QED) is 0.752. The van der Waals surface area contributed by atoms with Crippen LogP contribution in [0.25, 0.3) is 0 Å². The number of nitrogens with zero attached hydrogens (tertiary/aromatic N) is 3. The second kappa shape index (κ2) is 7.74. The molecule has 1 aliphatic carbocycles. The third-order valence-corrected chi connectivity index (χ3v) is 4.13. The van der Waals surface area contributed by atoms with Crippen LogP contribution < -0.4 is 5.32 Å². The van der Waals surface area contributed by atoms with Crippen LogP contribution in [-0.4, -0.2) is 40.1 Å². The fourth-order valence-electron chi connectivity index (χ4n) is 3.10. The smallest absolute Gasteiger partial charge is 0.138 e. The summed E-state index contributed by atoms with van der Waals surface area (Å²) in [6.07, 6.45) is 6.79. The maximum atomic E-state index is 5.65. The second-order valence-electron chi connectivity index (χ2n) is 5.60. The van der Waals surface area contributed by atoms with Crippen LogP contribution >= 0.6 is 0 Å². The molecule has 1 N–H and O–H groups in total. The van der Waals surface area contributed by atoms with Gasteiger partial charge in [0.15, 0.2) is 0 Å². The molecule has 1 atom stereocenters. The Morgan fingerprint density at radius 3 is 2.85 bits per heavy atom. The van der Waals surface area contributed by atoms with Crippen molar-refractivity contribution in [3.63, 3.8) is 0 Å². The monoisotopic (exact) mass is 280 g/mol. The molecule has 5 heteroatoms. The van der Waals surface area contributed by atoms with Gasteiger partial charge in [-0.2, -0.15) is 5.10 Å². The Morgan fingerprint density at radius 2 is 2.20 bits per heavy atom. The minimum absolute atomic E-state index is 0.502. The molecule has 1 aliphatic rings. The van der Waals surface area contributed by atoms with Crippen molar-refractivity contribution in [3.05, 3.63) is 12.2 Å². The Morgan fingerprint density at radius 1 is 1.40 bits per heavy atom. The average molecular weight is 280 g/mol. The largest absolute Gasteiger partial charge is 0.378 e. The first kappa shape index (κ1) is 15.4. The lowest BCUT2D eigenvalue weighted by atomic mass is 9.77. The number of ether oxygens (including phenoxy) is 1. The zero-order chi connectivity index (χ0) is 14.4. The molecule has 0 radical (unpaired) electrons. The summed E-state index contributed by atoms with van der Waals surface area (Å²) < 4.78 is 7.64. The van der Waals surface area contributed by atoms with Crippen molar-refractivity contribution < 1.29 is 4.74 Å². The first-order chi connectivity index (χ1) is 9.76. The molecule has 1 aromatic heterocycles. The summed E-state index contributed by atoms with van der Waals surface area (Å²) in [7, 11) is 0. The first-order valence-electron chi connectivity index (χ1n) is 7.98. The fourth-order valence-corrected chi connectivity index (χ4v) is 3.10. The Bertz CT molecular complexity index is 387. The molecule has 0 bridgehead atoms. The molecule has 0 aliphatic heterocycles. The van der Waals surface area contributed by atoms with Crippen molar-refractivity contribution in [3.8, 4) is 0 Å². The number of rotatable bonds is 9. The molecule has 20 heavy (non-hydrogen) atoms. The van der Waals surface area contributed by atoms with Gasteiger partial charge >= 0.3 is 0 Å². The molecule has 2 rings (SSSR count). The molecule has 5 nitrogen and oxygen atoms in total. The number of aryl methyl sites for hydroxylation is 1. The molecule has 1 fully saturated rings. The van der Waals surface area contributed by atoms with Crippen LogP contribution in [0.4, 0.5) is 0 Å².